The highest BCUT2D eigenvalue weighted by molar-refractivity contribution is 8.00. The van der Waals surface area contributed by atoms with Gasteiger partial charge in [0.05, 0.1) is 21.7 Å². The average Bonchev–Trinajstić information content (AvgIpc) is 2.75. The number of hydrogen-bond donors (Lipinski definition) is 1. The first-order chi connectivity index (χ1) is 15.6. The van der Waals surface area contributed by atoms with Crippen molar-refractivity contribution >= 4 is 45.9 Å². The van der Waals surface area contributed by atoms with E-state index in [1.54, 1.807) is 32.2 Å². The number of carbonyl (C=O) groups is 1. The molecule has 1 amide bonds. The Balaban J connectivity index is 1.83. The number of aromatic nitrogens is 2. The van der Waals surface area contributed by atoms with Crippen molar-refractivity contribution in [2.24, 2.45) is 0 Å². The van der Waals surface area contributed by atoms with Gasteiger partial charge < -0.3 is 10.1 Å². The number of hydrogen-bond acceptors (Lipinski definition) is 5. The van der Waals surface area contributed by atoms with Gasteiger partial charge in [-0.25, -0.2) is 4.98 Å². The molecule has 33 heavy (non-hydrogen) atoms. The molecule has 0 saturated heterocycles. The summed E-state index contributed by atoms with van der Waals surface area (Å²) in [5.41, 5.74) is -0.419. The Hall–Kier alpha value is -2.56. The van der Waals surface area contributed by atoms with Gasteiger partial charge in [-0.05, 0) is 55.8 Å². The van der Waals surface area contributed by atoms with Crippen LogP contribution in [0.4, 0.5) is 18.9 Å². The molecular weight excluding hydrogens is 479 g/mol. The molecule has 0 radical (unpaired) electrons. The lowest BCUT2D eigenvalue weighted by Crippen LogP contribution is -2.27. The quantitative estimate of drug-likeness (QED) is 0.261. The molecule has 0 aliphatic rings. The van der Waals surface area contributed by atoms with Crippen molar-refractivity contribution in [2.75, 3.05) is 19.0 Å². The van der Waals surface area contributed by atoms with Crippen LogP contribution in [0.3, 0.4) is 0 Å². The highest BCUT2D eigenvalue weighted by Crippen LogP contribution is 2.30. The summed E-state index contributed by atoms with van der Waals surface area (Å²) in [6.07, 6.45) is -3.89. The number of halogens is 4. The number of carbonyl (C=O) groups excluding carboxylic acids is 1. The average molecular weight is 500 g/mol. The van der Waals surface area contributed by atoms with E-state index < -0.39 is 22.9 Å². The molecule has 1 atom stereocenters. The van der Waals surface area contributed by atoms with E-state index in [1.165, 1.54) is 16.7 Å². The number of alkyl halides is 3. The van der Waals surface area contributed by atoms with Crippen LogP contribution >= 0.6 is 23.4 Å². The third-order valence-electron chi connectivity index (χ3n) is 4.74. The molecule has 3 rings (SSSR count). The third kappa shape index (κ3) is 6.27. The van der Waals surface area contributed by atoms with Gasteiger partial charge in [-0.15, -0.1) is 0 Å². The lowest BCUT2D eigenvalue weighted by atomic mass is 10.2. The minimum atomic E-state index is -4.46. The fraction of sp³-hybridized carbons (Fsp3) is 0.318. The lowest BCUT2D eigenvalue weighted by Gasteiger charge is -2.16. The summed E-state index contributed by atoms with van der Waals surface area (Å²) < 4.78 is 44.7. The summed E-state index contributed by atoms with van der Waals surface area (Å²) in [5.74, 6) is -0.441. The van der Waals surface area contributed by atoms with Crippen molar-refractivity contribution < 1.29 is 22.7 Å². The monoisotopic (exact) mass is 499 g/mol. The molecule has 0 aliphatic heterocycles. The SMILES string of the molecule is COCCCn1c(SC(C)C(=O)Nc2ccc(C(F)(F)F)cc2)nc2cc(Cl)ccc2c1=O. The number of amides is 1. The standard InChI is InChI=1S/C22H21ClF3N3O3S/c1-13(19(30)27-16-7-4-14(5-8-16)22(24,25)26)33-21-28-18-12-15(23)6-9-17(18)20(31)29(21)10-3-11-32-2/h4-9,12-13H,3,10-11H2,1-2H3,(H,27,30). The fourth-order valence-corrected chi connectivity index (χ4v) is 4.13. The van der Waals surface area contributed by atoms with E-state index in [0.29, 0.717) is 40.7 Å². The number of methoxy groups -OCH3 is 1. The van der Waals surface area contributed by atoms with Crippen LogP contribution in [0.15, 0.2) is 52.4 Å². The van der Waals surface area contributed by atoms with E-state index >= 15 is 0 Å². The highest BCUT2D eigenvalue weighted by atomic mass is 35.5. The van der Waals surface area contributed by atoms with Crippen molar-refractivity contribution in [1.29, 1.82) is 0 Å². The molecule has 1 heterocycles. The van der Waals surface area contributed by atoms with E-state index in [-0.39, 0.29) is 11.2 Å². The van der Waals surface area contributed by atoms with E-state index in [0.717, 1.165) is 23.9 Å². The zero-order valence-electron chi connectivity index (χ0n) is 17.8. The number of anilines is 1. The van der Waals surface area contributed by atoms with E-state index in [9.17, 15) is 22.8 Å². The summed E-state index contributed by atoms with van der Waals surface area (Å²) >= 11 is 7.12. The van der Waals surface area contributed by atoms with E-state index in [4.69, 9.17) is 16.3 Å². The normalized spacial score (nSPS) is 12.7. The Kier molecular flexibility index (Phi) is 8.04. The van der Waals surface area contributed by atoms with Gasteiger partial charge in [0.1, 0.15) is 0 Å². The minimum Gasteiger partial charge on any atom is -0.385 e. The van der Waals surface area contributed by atoms with Gasteiger partial charge in [0.2, 0.25) is 5.91 Å². The summed E-state index contributed by atoms with van der Waals surface area (Å²) in [5, 5.41) is 3.07. The molecular formula is C22H21ClF3N3O3S. The van der Waals surface area contributed by atoms with Gasteiger partial charge in [-0.3, -0.25) is 14.2 Å². The van der Waals surface area contributed by atoms with Crippen LogP contribution in [-0.2, 0) is 22.3 Å². The molecule has 1 aromatic heterocycles. The molecule has 2 aromatic carbocycles. The number of nitrogens with zero attached hydrogens (tertiary/aromatic N) is 2. The van der Waals surface area contributed by atoms with Gasteiger partial charge >= 0.3 is 6.18 Å². The van der Waals surface area contributed by atoms with Crippen LogP contribution in [0.5, 0.6) is 0 Å². The zero-order valence-corrected chi connectivity index (χ0v) is 19.4. The van der Waals surface area contributed by atoms with Crippen LogP contribution < -0.4 is 10.9 Å². The Morgan fingerprint density at radius 2 is 1.94 bits per heavy atom. The summed E-state index contributed by atoms with van der Waals surface area (Å²) in [6.45, 7) is 2.41. The number of nitrogens with one attached hydrogen (secondary N) is 1. The van der Waals surface area contributed by atoms with E-state index in [2.05, 4.69) is 10.3 Å². The van der Waals surface area contributed by atoms with Gasteiger partial charge in [-0.2, -0.15) is 13.2 Å². The molecule has 6 nitrogen and oxygen atoms in total. The summed E-state index contributed by atoms with van der Waals surface area (Å²) in [6, 6.07) is 8.97. The third-order valence-corrected chi connectivity index (χ3v) is 6.07. The smallest absolute Gasteiger partial charge is 0.385 e. The predicted molar refractivity (Wildman–Crippen MR) is 123 cm³/mol. The van der Waals surface area contributed by atoms with Gasteiger partial charge in [0, 0.05) is 31.0 Å². The predicted octanol–water partition coefficient (Wildman–Crippen LogP) is 5.22. The second-order valence-electron chi connectivity index (χ2n) is 7.18. The molecule has 11 heteroatoms. The fourth-order valence-electron chi connectivity index (χ4n) is 3.03. The number of ether oxygens (including phenoxy) is 1. The zero-order chi connectivity index (χ0) is 24.2. The summed E-state index contributed by atoms with van der Waals surface area (Å²) in [4.78, 5) is 30.2. The maximum atomic E-state index is 13.0. The maximum absolute atomic E-state index is 13.0. The van der Waals surface area contributed by atoms with Crippen molar-refractivity contribution in [1.82, 2.24) is 9.55 Å². The molecule has 0 saturated carbocycles. The van der Waals surface area contributed by atoms with Gasteiger partial charge in [-0.1, -0.05) is 23.4 Å². The van der Waals surface area contributed by atoms with Crippen LogP contribution in [0.25, 0.3) is 10.9 Å². The maximum Gasteiger partial charge on any atom is 0.416 e. The van der Waals surface area contributed by atoms with E-state index in [1.807, 2.05) is 0 Å². The Morgan fingerprint density at radius 3 is 2.58 bits per heavy atom. The number of benzene rings is 2. The van der Waals surface area contributed by atoms with Crippen LogP contribution in [0.1, 0.15) is 18.9 Å². The van der Waals surface area contributed by atoms with Gasteiger partial charge in [0.25, 0.3) is 5.56 Å². The molecule has 0 spiro atoms. The molecule has 1 N–H and O–H groups in total. The summed E-state index contributed by atoms with van der Waals surface area (Å²) in [7, 11) is 1.56. The van der Waals surface area contributed by atoms with Crippen molar-refractivity contribution in [2.45, 2.75) is 36.5 Å². The molecule has 0 aliphatic carbocycles. The van der Waals surface area contributed by atoms with Crippen LogP contribution in [0, 0.1) is 0 Å². The first-order valence-electron chi connectivity index (χ1n) is 9.94. The first-order valence-corrected chi connectivity index (χ1v) is 11.2. The van der Waals surface area contributed by atoms with Crippen molar-refractivity contribution in [3.8, 4) is 0 Å². The van der Waals surface area contributed by atoms with Gasteiger partial charge in [0.15, 0.2) is 5.16 Å². The second-order valence-corrected chi connectivity index (χ2v) is 8.93. The Bertz CT molecular complexity index is 1200. The van der Waals surface area contributed by atoms with Crippen molar-refractivity contribution in [3.63, 3.8) is 0 Å². The number of fused-ring (bicyclic) bond motifs is 1. The van der Waals surface area contributed by atoms with Crippen LogP contribution in [-0.4, -0.2) is 34.4 Å². The molecule has 0 fully saturated rings. The molecule has 176 valence electrons. The lowest BCUT2D eigenvalue weighted by molar-refractivity contribution is -0.137. The van der Waals surface area contributed by atoms with Crippen molar-refractivity contribution in [3.05, 3.63) is 63.4 Å². The number of rotatable bonds is 8. The molecule has 1 unspecified atom stereocenters. The highest BCUT2D eigenvalue weighted by Gasteiger charge is 2.30. The largest absolute Gasteiger partial charge is 0.416 e. The topological polar surface area (TPSA) is 73.2 Å². The Labute approximate surface area is 197 Å². The first kappa shape index (κ1) is 25.1. The minimum absolute atomic E-state index is 0.233. The Morgan fingerprint density at radius 1 is 1.24 bits per heavy atom. The second kappa shape index (κ2) is 10.6. The van der Waals surface area contributed by atoms with Crippen LogP contribution in [0.2, 0.25) is 5.02 Å². The number of thioether (sulfide) groups is 1. The molecule has 0 bridgehead atoms. The molecule has 3 aromatic rings.